The first-order valence-corrected chi connectivity index (χ1v) is 7.32. The van der Waals surface area contributed by atoms with E-state index in [-0.39, 0.29) is 11.9 Å². The van der Waals surface area contributed by atoms with Gasteiger partial charge in [0.25, 0.3) is 0 Å². The summed E-state index contributed by atoms with van der Waals surface area (Å²) < 4.78 is 22.1. The van der Waals surface area contributed by atoms with Crippen LogP contribution in [-0.4, -0.2) is 16.9 Å². The summed E-state index contributed by atoms with van der Waals surface area (Å²) >= 11 is 3.45. The second-order valence-electron chi connectivity index (χ2n) is 4.87. The molecule has 0 amide bonds. The third-order valence-corrected chi connectivity index (χ3v) is 3.85. The Morgan fingerprint density at radius 2 is 2.14 bits per heavy atom. The minimum absolute atomic E-state index is 0.111. The zero-order valence-electron chi connectivity index (χ0n) is 12.1. The van der Waals surface area contributed by atoms with Gasteiger partial charge >= 0.3 is 0 Å². The highest BCUT2D eigenvalue weighted by Crippen LogP contribution is 2.35. The summed E-state index contributed by atoms with van der Waals surface area (Å²) in [5.74, 6) is 5.74. The van der Waals surface area contributed by atoms with Crippen molar-refractivity contribution in [1.82, 2.24) is 15.2 Å². The Morgan fingerprint density at radius 3 is 2.71 bits per heavy atom. The van der Waals surface area contributed by atoms with Crippen molar-refractivity contribution in [2.75, 3.05) is 7.11 Å². The molecule has 0 fully saturated rings. The van der Waals surface area contributed by atoms with Crippen LogP contribution < -0.4 is 16.0 Å². The number of rotatable bonds is 5. The summed E-state index contributed by atoms with van der Waals surface area (Å²) in [4.78, 5) is 0. The third-order valence-electron chi connectivity index (χ3n) is 3.24. The van der Waals surface area contributed by atoms with Crippen molar-refractivity contribution in [3.63, 3.8) is 0 Å². The molecule has 2 aromatic rings. The van der Waals surface area contributed by atoms with E-state index in [1.165, 1.54) is 13.2 Å². The SMILES string of the molecule is COc1cccc(F)c1C(NN)c1c(Br)cnn1C(C)C. The van der Waals surface area contributed by atoms with E-state index in [1.807, 2.05) is 13.8 Å². The Labute approximate surface area is 131 Å². The molecular weight excluding hydrogens is 339 g/mol. The number of nitrogens with zero attached hydrogens (tertiary/aromatic N) is 2. The predicted molar refractivity (Wildman–Crippen MR) is 82.4 cm³/mol. The Hall–Kier alpha value is -1.44. The summed E-state index contributed by atoms with van der Waals surface area (Å²) in [5.41, 5.74) is 3.76. The molecule has 0 aliphatic heterocycles. The Bertz CT molecular complexity index is 629. The second-order valence-corrected chi connectivity index (χ2v) is 5.73. The third kappa shape index (κ3) is 2.95. The van der Waals surface area contributed by atoms with Crippen LogP contribution >= 0.6 is 15.9 Å². The van der Waals surface area contributed by atoms with Gasteiger partial charge < -0.3 is 4.74 Å². The number of hydrogen-bond donors (Lipinski definition) is 2. The van der Waals surface area contributed by atoms with E-state index in [4.69, 9.17) is 10.6 Å². The maximum absolute atomic E-state index is 14.3. The lowest BCUT2D eigenvalue weighted by Gasteiger charge is -2.22. The molecule has 5 nitrogen and oxygen atoms in total. The van der Waals surface area contributed by atoms with Gasteiger partial charge in [-0.1, -0.05) is 6.07 Å². The number of hydrogen-bond acceptors (Lipinski definition) is 4. The van der Waals surface area contributed by atoms with Gasteiger partial charge in [-0.15, -0.1) is 0 Å². The number of methoxy groups -OCH3 is 1. The summed E-state index contributed by atoms with van der Waals surface area (Å²) in [6.07, 6.45) is 1.67. The van der Waals surface area contributed by atoms with Crippen molar-refractivity contribution < 1.29 is 9.13 Å². The number of hydrazine groups is 1. The number of ether oxygens (including phenoxy) is 1. The zero-order valence-corrected chi connectivity index (χ0v) is 13.7. The number of benzene rings is 1. The van der Waals surface area contributed by atoms with E-state index in [1.54, 1.807) is 23.0 Å². The molecule has 1 aromatic carbocycles. The molecule has 0 saturated heterocycles. The molecule has 0 saturated carbocycles. The quantitative estimate of drug-likeness (QED) is 0.638. The lowest BCUT2D eigenvalue weighted by atomic mass is 10.0. The molecule has 0 bridgehead atoms. The van der Waals surface area contributed by atoms with Crippen LogP contribution in [0.3, 0.4) is 0 Å². The highest BCUT2D eigenvalue weighted by atomic mass is 79.9. The normalized spacial score (nSPS) is 12.7. The summed E-state index contributed by atoms with van der Waals surface area (Å²) in [7, 11) is 1.50. The maximum Gasteiger partial charge on any atom is 0.132 e. The van der Waals surface area contributed by atoms with Gasteiger partial charge in [0.15, 0.2) is 0 Å². The molecule has 2 rings (SSSR count). The summed E-state index contributed by atoms with van der Waals surface area (Å²) in [6, 6.07) is 4.21. The van der Waals surface area contributed by atoms with Crippen molar-refractivity contribution in [3.05, 3.63) is 45.9 Å². The lowest BCUT2D eigenvalue weighted by molar-refractivity contribution is 0.391. The topological polar surface area (TPSA) is 65.1 Å². The Kier molecular flexibility index (Phi) is 4.97. The first-order valence-electron chi connectivity index (χ1n) is 6.52. The molecule has 0 aliphatic rings. The fourth-order valence-corrected chi connectivity index (χ4v) is 2.81. The molecule has 114 valence electrons. The molecule has 7 heteroatoms. The van der Waals surface area contributed by atoms with Crippen LogP contribution in [0.25, 0.3) is 0 Å². The molecule has 1 atom stereocenters. The van der Waals surface area contributed by atoms with Crippen molar-refractivity contribution in [1.29, 1.82) is 0 Å². The minimum Gasteiger partial charge on any atom is -0.496 e. The monoisotopic (exact) mass is 356 g/mol. The van der Waals surface area contributed by atoms with Gasteiger partial charge in [0.1, 0.15) is 11.6 Å². The highest BCUT2D eigenvalue weighted by molar-refractivity contribution is 9.10. The van der Waals surface area contributed by atoms with Gasteiger partial charge in [0, 0.05) is 6.04 Å². The van der Waals surface area contributed by atoms with Crippen molar-refractivity contribution in [2.24, 2.45) is 5.84 Å². The van der Waals surface area contributed by atoms with Gasteiger partial charge in [-0.25, -0.2) is 9.82 Å². The molecule has 1 heterocycles. The molecule has 1 aromatic heterocycles. The van der Waals surface area contributed by atoms with Crippen molar-refractivity contribution in [2.45, 2.75) is 25.9 Å². The van der Waals surface area contributed by atoms with Crippen molar-refractivity contribution >= 4 is 15.9 Å². The maximum atomic E-state index is 14.3. The zero-order chi connectivity index (χ0) is 15.6. The lowest BCUT2D eigenvalue weighted by Crippen LogP contribution is -2.32. The van der Waals surface area contributed by atoms with Crippen LogP contribution in [0.1, 0.15) is 37.2 Å². The van der Waals surface area contributed by atoms with E-state index in [0.29, 0.717) is 11.3 Å². The molecule has 0 spiro atoms. The predicted octanol–water partition coefficient (Wildman–Crippen LogP) is 2.93. The van der Waals surface area contributed by atoms with Crippen molar-refractivity contribution in [3.8, 4) is 5.75 Å². The summed E-state index contributed by atoms with van der Waals surface area (Å²) in [5, 5.41) is 4.31. The largest absolute Gasteiger partial charge is 0.496 e. The molecule has 1 unspecified atom stereocenters. The average Bonchev–Trinajstić information content (AvgIpc) is 2.83. The molecule has 0 radical (unpaired) electrons. The molecule has 0 aliphatic carbocycles. The first-order chi connectivity index (χ1) is 10.0. The van der Waals surface area contributed by atoms with E-state index in [9.17, 15) is 4.39 Å². The second kappa shape index (κ2) is 6.55. The van der Waals surface area contributed by atoms with Crippen LogP contribution in [0.5, 0.6) is 5.75 Å². The number of nitrogens with two attached hydrogens (primary N) is 1. The Morgan fingerprint density at radius 1 is 1.43 bits per heavy atom. The fraction of sp³-hybridized carbons (Fsp3) is 0.357. The standard InChI is InChI=1S/C14H18BrFN4O/c1-8(2)20-14(9(15)7-18-20)13(19-17)12-10(16)5-4-6-11(12)21-3/h4-8,13,19H,17H2,1-3H3. The van der Waals surface area contributed by atoms with E-state index < -0.39 is 6.04 Å². The van der Waals surface area contributed by atoms with Gasteiger partial charge in [0.05, 0.1) is 35.1 Å². The van der Waals surface area contributed by atoms with Crippen LogP contribution in [0.15, 0.2) is 28.9 Å². The van der Waals surface area contributed by atoms with Crippen LogP contribution in [0, 0.1) is 5.82 Å². The van der Waals surface area contributed by atoms with Gasteiger partial charge in [-0.05, 0) is 41.9 Å². The van der Waals surface area contributed by atoms with E-state index in [2.05, 4.69) is 26.5 Å². The average molecular weight is 357 g/mol. The highest BCUT2D eigenvalue weighted by Gasteiger charge is 2.27. The minimum atomic E-state index is -0.583. The number of aromatic nitrogens is 2. The van der Waals surface area contributed by atoms with Crippen LogP contribution in [0.2, 0.25) is 0 Å². The van der Waals surface area contributed by atoms with Crippen LogP contribution in [0.4, 0.5) is 4.39 Å². The molecule has 3 N–H and O–H groups in total. The van der Waals surface area contributed by atoms with E-state index >= 15 is 0 Å². The smallest absolute Gasteiger partial charge is 0.132 e. The number of nitrogens with one attached hydrogen (secondary N) is 1. The van der Waals surface area contributed by atoms with Gasteiger partial charge in [-0.2, -0.15) is 5.10 Å². The summed E-state index contributed by atoms with van der Waals surface area (Å²) in [6.45, 7) is 3.99. The van der Waals surface area contributed by atoms with Gasteiger partial charge in [0.2, 0.25) is 0 Å². The van der Waals surface area contributed by atoms with Gasteiger partial charge in [-0.3, -0.25) is 10.5 Å². The molecular formula is C14H18BrFN4O. The Balaban J connectivity index is 2.63. The molecule has 21 heavy (non-hydrogen) atoms. The van der Waals surface area contributed by atoms with E-state index in [0.717, 1.165) is 10.2 Å². The number of halogens is 2. The first kappa shape index (κ1) is 15.9. The fourth-order valence-electron chi connectivity index (χ4n) is 2.31. The van der Waals surface area contributed by atoms with Crippen LogP contribution in [-0.2, 0) is 0 Å².